The molecular formula is C17H27FN2O. The van der Waals surface area contributed by atoms with Gasteiger partial charge in [0, 0.05) is 24.2 Å². The van der Waals surface area contributed by atoms with Crippen LogP contribution in [0.3, 0.4) is 0 Å². The summed E-state index contributed by atoms with van der Waals surface area (Å²) in [6.45, 7) is 6.46. The van der Waals surface area contributed by atoms with E-state index in [2.05, 4.69) is 24.2 Å². The number of nitrogens with zero attached hydrogens (tertiary/aromatic N) is 1. The van der Waals surface area contributed by atoms with E-state index in [1.165, 1.54) is 18.9 Å². The number of benzene rings is 1. The Morgan fingerprint density at radius 2 is 2.19 bits per heavy atom. The number of hydrogen-bond donors (Lipinski definition) is 1. The maximum atomic E-state index is 14.1. The first-order valence-electron chi connectivity index (χ1n) is 7.98. The van der Waals surface area contributed by atoms with Crippen LogP contribution in [-0.4, -0.2) is 37.7 Å². The lowest BCUT2D eigenvalue weighted by Gasteiger charge is -2.20. The molecule has 0 bridgehead atoms. The van der Waals surface area contributed by atoms with Crippen LogP contribution in [0.4, 0.5) is 4.39 Å². The number of halogens is 1. The van der Waals surface area contributed by atoms with Gasteiger partial charge < -0.3 is 15.0 Å². The first-order chi connectivity index (χ1) is 10.1. The molecule has 1 saturated carbocycles. The molecule has 4 heteroatoms. The van der Waals surface area contributed by atoms with Gasteiger partial charge in [0.15, 0.2) is 11.6 Å². The van der Waals surface area contributed by atoms with Crippen molar-refractivity contribution >= 4 is 0 Å². The predicted molar refractivity (Wildman–Crippen MR) is 84.3 cm³/mol. The minimum absolute atomic E-state index is 0.0943. The van der Waals surface area contributed by atoms with E-state index in [9.17, 15) is 4.39 Å². The molecule has 0 saturated heterocycles. The fourth-order valence-electron chi connectivity index (χ4n) is 2.48. The summed E-state index contributed by atoms with van der Waals surface area (Å²) in [5.74, 6) is 0.129. The Morgan fingerprint density at radius 3 is 2.86 bits per heavy atom. The molecule has 1 N–H and O–H groups in total. The Labute approximate surface area is 127 Å². The lowest BCUT2D eigenvalue weighted by molar-refractivity contribution is 0.223. The fraction of sp³-hybridized carbons (Fsp3) is 0.647. The molecule has 1 aromatic rings. The molecule has 1 fully saturated rings. The van der Waals surface area contributed by atoms with Crippen molar-refractivity contribution in [3.8, 4) is 5.75 Å². The summed E-state index contributed by atoms with van der Waals surface area (Å²) in [6.07, 6.45) is 3.61. The van der Waals surface area contributed by atoms with Crippen molar-refractivity contribution in [3.63, 3.8) is 0 Å². The molecule has 1 aliphatic rings. The summed E-state index contributed by atoms with van der Waals surface area (Å²) in [5.41, 5.74) is 0.900. The van der Waals surface area contributed by atoms with Gasteiger partial charge in [0.1, 0.15) is 6.61 Å². The van der Waals surface area contributed by atoms with Gasteiger partial charge in [-0.25, -0.2) is 4.39 Å². The zero-order chi connectivity index (χ0) is 15.2. The normalized spacial score (nSPS) is 16.2. The molecule has 0 aliphatic heterocycles. The van der Waals surface area contributed by atoms with E-state index >= 15 is 0 Å². The molecule has 0 radical (unpaired) electrons. The molecule has 1 aliphatic carbocycles. The van der Waals surface area contributed by atoms with Crippen molar-refractivity contribution in [3.05, 3.63) is 29.6 Å². The number of para-hydroxylation sites is 1. The number of ether oxygens (including phenoxy) is 1. The van der Waals surface area contributed by atoms with Gasteiger partial charge in [-0.3, -0.25) is 0 Å². The van der Waals surface area contributed by atoms with Gasteiger partial charge in [0.25, 0.3) is 0 Å². The van der Waals surface area contributed by atoms with Crippen molar-refractivity contribution in [2.45, 2.75) is 45.2 Å². The molecular weight excluding hydrogens is 267 g/mol. The van der Waals surface area contributed by atoms with Crippen LogP contribution in [0, 0.1) is 5.82 Å². The zero-order valence-electron chi connectivity index (χ0n) is 13.4. The molecule has 21 heavy (non-hydrogen) atoms. The Kier molecular flexibility index (Phi) is 6.00. The molecule has 3 nitrogen and oxygen atoms in total. The SMILES string of the molecule is CCCNC(C)c1cccc(F)c1OCCN(C)C1CC1. The minimum atomic E-state index is -0.272. The van der Waals surface area contributed by atoms with Crippen LogP contribution in [0.15, 0.2) is 18.2 Å². The Morgan fingerprint density at radius 1 is 1.43 bits per heavy atom. The second kappa shape index (κ2) is 7.76. The van der Waals surface area contributed by atoms with Gasteiger partial charge in [-0.2, -0.15) is 0 Å². The third kappa shape index (κ3) is 4.68. The molecule has 0 amide bonds. The largest absolute Gasteiger partial charge is 0.489 e. The lowest BCUT2D eigenvalue weighted by Crippen LogP contribution is -2.27. The smallest absolute Gasteiger partial charge is 0.165 e. The van der Waals surface area contributed by atoms with Crippen LogP contribution in [0.1, 0.15) is 44.7 Å². The molecule has 0 aromatic heterocycles. The van der Waals surface area contributed by atoms with Crippen molar-refractivity contribution in [2.24, 2.45) is 0 Å². The highest BCUT2D eigenvalue weighted by Crippen LogP contribution is 2.29. The number of likely N-dealkylation sites (N-methyl/N-ethyl adjacent to an activating group) is 1. The third-order valence-corrected chi connectivity index (χ3v) is 4.03. The molecule has 2 rings (SSSR count). The van der Waals surface area contributed by atoms with Crippen molar-refractivity contribution in [1.29, 1.82) is 0 Å². The topological polar surface area (TPSA) is 24.5 Å². The average molecular weight is 294 g/mol. The van der Waals surface area contributed by atoms with E-state index in [4.69, 9.17) is 4.74 Å². The van der Waals surface area contributed by atoms with Gasteiger partial charge in [-0.05, 0) is 45.8 Å². The van der Waals surface area contributed by atoms with Gasteiger partial charge in [0.2, 0.25) is 0 Å². The van der Waals surface area contributed by atoms with E-state index in [-0.39, 0.29) is 11.9 Å². The summed E-state index contributed by atoms with van der Waals surface area (Å²) in [4.78, 5) is 2.29. The van der Waals surface area contributed by atoms with Crippen LogP contribution < -0.4 is 10.1 Å². The van der Waals surface area contributed by atoms with Crippen LogP contribution in [0.25, 0.3) is 0 Å². The first-order valence-corrected chi connectivity index (χ1v) is 7.98. The van der Waals surface area contributed by atoms with Gasteiger partial charge in [-0.1, -0.05) is 19.1 Å². The molecule has 1 atom stereocenters. The van der Waals surface area contributed by atoms with Crippen LogP contribution in [0.5, 0.6) is 5.75 Å². The Balaban J connectivity index is 1.95. The van der Waals surface area contributed by atoms with Crippen molar-refractivity contribution < 1.29 is 9.13 Å². The quantitative estimate of drug-likeness (QED) is 0.756. The maximum Gasteiger partial charge on any atom is 0.165 e. The highest BCUT2D eigenvalue weighted by molar-refractivity contribution is 5.37. The maximum absolute atomic E-state index is 14.1. The molecule has 0 spiro atoms. The lowest BCUT2D eigenvalue weighted by atomic mass is 10.1. The van der Waals surface area contributed by atoms with Gasteiger partial charge in [-0.15, -0.1) is 0 Å². The average Bonchev–Trinajstić information content (AvgIpc) is 3.30. The molecule has 118 valence electrons. The number of rotatable bonds is 9. The second-order valence-electron chi connectivity index (χ2n) is 5.89. The second-order valence-corrected chi connectivity index (χ2v) is 5.89. The molecule has 1 aromatic carbocycles. The minimum Gasteiger partial charge on any atom is -0.489 e. The van der Waals surface area contributed by atoms with Gasteiger partial charge in [0.05, 0.1) is 0 Å². The Bertz CT molecular complexity index is 448. The predicted octanol–water partition coefficient (Wildman–Crippen LogP) is 3.36. The zero-order valence-corrected chi connectivity index (χ0v) is 13.4. The monoisotopic (exact) mass is 294 g/mol. The summed E-state index contributed by atoms with van der Waals surface area (Å²) in [6, 6.07) is 5.96. The summed E-state index contributed by atoms with van der Waals surface area (Å²) < 4.78 is 19.8. The van der Waals surface area contributed by atoms with E-state index in [0.717, 1.165) is 25.1 Å². The third-order valence-electron chi connectivity index (χ3n) is 4.03. The Hall–Kier alpha value is -1.13. The first kappa shape index (κ1) is 16.2. The molecule has 0 heterocycles. The van der Waals surface area contributed by atoms with Crippen LogP contribution in [-0.2, 0) is 0 Å². The van der Waals surface area contributed by atoms with E-state index in [1.807, 2.05) is 13.0 Å². The highest BCUT2D eigenvalue weighted by Gasteiger charge is 2.25. The van der Waals surface area contributed by atoms with Crippen LogP contribution in [0.2, 0.25) is 0 Å². The van der Waals surface area contributed by atoms with Crippen LogP contribution >= 0.6 is 0 Å². The summed E-state index contributed by atoms with van der Waals surface area (Å²) >= 11 is 0. The molecule has 1 unspecified atom stereocenters. The fourth-order valence-corrected chi connectivity index (χ4v) is 2.48. The van der Waals surface area contributed by atoms with E-state index in [1.54, 1.807) is 6.07 Å². The highest BCUT2D eigenvalue weighted by atomic mass is 19.1. The summed E-state index contributed by atoms with van der Waals surface area (Å²) in [5, 5.41) is 3.39. The number of hydrogen-bond acceptors (Lipinski definition) is 3. The van der Waals surface area contributed by atoms with Gasteiger partial charge >= 0.3 is 0 Å². The van der Waals surface area contributed by atoms with E-state index < -0.39 is 0 Å². The van der Waals surface area contributed by atoms with E-state index in [0.29, 0.717) is 18.4 Å². The standard InChI is InChI=1S/C17H27FN2O/c1-4-10-19-13(2)15-6-5-7-16(18)17(15)21-12-11-20(3)14-8-9-14/h5-7,13-14,19H,4,8-12H2,1-3H3. The summed E-state index contributed by atoms with van der Waals surface area (Å²) in [7, 11) is 2.11. The number of nitrogens with one attached hydrogen (secondary N) is 1. The van der Waals surface area contributed by atoms with Crippen molar-refractivity contribution in [2.75, 3.05) is 26.7 Å². The van der Waals surface area contributed by atoms with Crippen molar-refractivity contribution in [1.82, 2.24) is 10.2 Å².